The summed E-state index contributed by atoms with van der Waals surface area (Å²) < 4.78 is 5.43. The fourth-order valence-corrected chi connectivity index (χ4v) is 1.61. The van der Waals surface area contributed by atoms with Gasteiger partial charge in [0.1, 0.15) is 0 Å². The Morgan fingerprint density at radius 3 is 2.60 bits per heavy atom. The number of carbonyl (C=O) groups is 2. The normalized spacial score (nSPS) is 12.6. The molecule has 1 rings (SSSR count). The Hall–Kier alpha value is -2.37. The molecule has 108 valence electrons. The molecule has 0 heterocycles. The van der Waals surface area contributed by atoms with Crippen molar-refractivity contribution in [3.05, 3.63) is 41.1 Å². The Kier molecular flexibility index (Phi) is 6.22. The van der Waals surface area contributed by atoms with Gasteiger partial charge in [-0.15, -0.1) is 0 Å². The molecular weight excluding hydrogens is 260 g/mol. The van der Waals surface area contributed by atoms with Gasteiger partial charge in [-0.1, -0.05) is 18.2 Å². The number of ether oxygens (including phenoxy) is 1. The summed E-state index contributed by atoms with van der Waals surface area (Å²) in [6.45, 7) is 2.93. The van der Waals surface area contributed by atoms with Gasteiger partial charge < -0.3 is 15.3 Å². The molecule has 0 saturated carbocycles. The van der Waals surface area contributed by atoms with Gasteiger partial charge in [-0.05, 0) is 19.1 Å². The molecule has 0 radical (unpaired) electrons. The maximum atomic E-state index is 11.8. The van der Waals surface area contributed by atoms with Crippen molar-refractivity contribution in [2.75, 3.05) is 13.2 Å². The van der Waals surface area contributed by atoms with E-state index < -0.39 is 17.9 Å². The molecule has 1 aromatic carbocycles. The van der Waals surface area contributed by atoms with Crippen LogP contribution in [0.3, 0.4) is 0 Å². The highest BCUT2D eigenvalue weighted by atomic mass is 16.5. The van der Waals surface area contributed by atoms with Gasteiger partial charge in [0, 0.05) is 12.5 Å². The summed E-state index contributed by atoms with van der Waals surface area (Å²) in [6, 6.07) is 7.99. The van der Waals surface area contributed by atoms with Crippen molar-refractivity contribution in [1.82, 2.24) is 5.32 Å². The van der Waals surface area contributed by atoms with Crippen LogP contribution in [0.4, 0.5) is 0 Å². The van der Waals surface area contributed by atoms with E-state index in [1.54, 1.807) is 31.2 Å². The zero-order valence-electron chi connectivity index (χ0n) is 11.5. The summed E-state index contributed by atoms with van der Waals surface area (Å²) in [6.07, 6.45) is 1.36. The maximum absolute atomic E-state index is 11.8. The predicted molar refractivity (Wildman–Crippen MR) is 74.3 cm³/mol. The van der Waals surface area contributed by atoms with Gasteiger partial charge in [-0.25, -0.2) is 9.53 Å². The van der Waals surface area contributed by atoms with Crippen LogP contribution < -0.4 is 5.32 Å². The molecule has 1 aromatic rings. The van der Waals surface area contributed by atoms with Crippen LogP contribution in [0.2, 0.25) is 0 Å². The number of amides is 1. The topological polar surface area (TPSA) is 81.5 Å². The molecule has 1 N–H and O–H groups in total. The van der Waals surface area contributed by atoms with Crippen molar-refractivity contribution in [3.8, 4) is 0 Å². The van der Waals surface area contributed by atoms with Crippen LogP contribution >= 0.6 is 0 Å². The quantitative estimate of drug-likeness (QED) is 0.273. The first-order chi connectivity index (χ1) is 9.52. The second kappa shape index (κ2) is 7.93. The first-order valence-corrected chi connectivity index (χ1v) is 6.30. The molecule has 1 amide bonds. The molecule has 1 atom stereocenters. The Balaban J connectivity index is 2.75. The van der Waals surface area contributed by atoms with Gasteiger partial charge in [0.15, 0.2) is 18.8 Å². The number of benzene rings is 1. The van der Waals surface area contributed by atoms with Crippen LogP contribution in [-0.4, -0.2) is 42.0 Å². The summed E-state index contributed by atoms with van der Waals surface area (Å²) in [7, 11) is 0. The van der Waals surface area contributed by atoms with Crippen LogP contribution in [-0.2, 0) is 14.3 Å². The third-order valence-electron chi connectivity index (χ3n) is 2.40. The zero-order valence-corrected chi connectivity index (χ0v) is 11.5. The molecular formula is C14H18N2O4. The van der Waals surface area contributed by atoms with E-state index in [4.69, 9.17) is 4.74 Å². The third kappa shape index (κ3) is 5.51. The molecule has 0 aliphatic heterocycles. The van der Waals surface area contributed by atoms with Crippen LogP contribution in [0.15, 0.2) is 30.3 Å². The predicted octanol–water partition coefficient (Wildman–Crippen LogP) is 0.684. The van der Waals surface area contributed by atoms with Crippen LogP contribution in [0.25, 0.3) is 0 Å². The van der Waals surface area contributed by atoms with Gasteiger partial charge in [-0.2, -0.15) is 0 Å². The average molecular weight is 278 g/mol. The van der Waals surface area contributed by atoms with Crippen molar-refractivity contribution >= 4 is 18.1 Å². The van der Waals surface area contributed by atoms with E-state index in [1.807, 2.05) is 6.07 Å². The smallest absolute Gasteiger partial charge is 0.335 e. The molecule has 0 aliphatic rings. The number of esters is 1. The lowest BCUT2D eigenvalue weighted by Gasteiger charge is -2.15. The van der Waals surface area contributed by atoms with Gasteiger partial charge in [-0.3, -0.25) is 4.79 Å². The Morgan fingerprint density at radius 1 is 1.40 bits per heavy atom. The highest BCUT2D eigenvalue weighted by molar-refractivity contribution is 5.83. The fraction of sp³-hybridized carbons (Fsp3) is 0.357. The molecule has 6 nitrogen and oxygen atoms in total. The highest BCUT2D eigenvalue weighted by Gasteiger charge is 2.24. The van der Waals surface area contributed by atoms with Crippen LogP contribution in [0.1, 0.15) is 19.4 Å². The molecule has 20 heavy (non-hydrogen) atoms. The Morgan fingerprint density at radius 2 is 2.05 bits per heavy atom. The van der Waals surface area contributed by atoms with E-state index in [2.05, 4.69) is 5.32 Å². The lowest BCUT2D eigenvalue weighted by Crippen LogP contribution is -2.45. The van der Waals surface area contributed by atoms with Crippen LogP contribution in [0, 0.1) is 5.21 Å². The molecule has 6 heteroatoms. The molecule has 0 aromatic heterocycles. The van der Waals surface area contributed by atoms with Gasteiger partial charge in [0.2, 0.25) is 5.91 Å². The van der Waals surface area contributed by atoms with Gasteiger partial charge in [0.25, 0.3) is 0 Å². The lowest BCUT2D eigenvalue weighted by atomic mass is 10.2. The number of carbonyl (C=O) groups excluding carboxylic acids is 2. The Labute approximate surface area is 117 Å². The first-order valence-electron chi connectivity index (χ1n) is 6.30. The maximum Gasteiger partial charge on any atom is 0.335 e. The average Bonchev–Trinajstić information content (AvgIpc) is 2.38. The first kappa shape index (κ1) is 15.7. The number of nitrogens with one attached hydrogen (secondary N) is 1. The summed E-state index contributed by atoms with van der Waals surface area (Å²) >= 11 is 0. The number of hydrogen-bond acceptors (Lipinski definition) is 4. The summed E-state index contributed by atoms with van der Waals surface area (Å²) in [4.78, 5) is 22.7. The fourth-order valence-electron chi connectivity index (χ4n) is 1.61. The molecule has 0 aliphatic carbocycles. The number of hydroxylamine groups is 1. The van der Waals surface area contributed by atoms with Crippen molar-refractivity contribution in [2.24, 2.45) is 0 Å². The molecule has 1 unspecified atom stereocenters. The second-order valence-corrected chi connectivity index (χ2v) is 4.14. The minimum atomic E-state index is -0.982. The van der Waals surface area contributed by atoms with E-state index in [-0.39, 0.29) is 13.2 Å². The van der Waals surface area contributed by atoms with Crippen molar-refractivity contribution < 1.29 is 19.1 Å². The summed E-state index contributed by atoms with van der Waals surface area (Å²) in [5, 5.41) is 14.2. The SMILES string of the molecule is CCOC(=O)C(C[N+]([O-])=Cc1ccccc1)NC(C)=O. The monoisotopic (exact) mass is 278 g/mol. The Bertz CT molecular complexity index is 485. The van der Waals surface area contributed by atoms with E-state index in [1.165, 1.54) is 13.1 Å². The standard InChI is InChI=1S/C14H18N2O4/c1-3-20-14(18)13(15-11(2)17)10-16(19)9-12-7-5-4-6-8-12/h4-9,13H,3,10H2,1-2H3,(H,15,17). The molecule has 0 bridgehead atoms. The number of hydrogen-bond donors (Lipinski definition) is 1. The van der Waals surface area contributed by atoms with Crippen molar-refractivity contribution in [2.45, 2.75) is 19.9 Å². The highest BCUT2D eigenvalue weighted by Crippen LogP contribution is 1.96. The number of rotatable bonds is 6. The van der Waals surface area contributed by atoms with Gasteiger partial charge >= 0.3 is 5.97 Å². The van der Waals surface area contributed by atoms with Gasteiger partial charge in [0.05, 0.1) is 6.61 Å². The molecule has 0 fully saturated rings. The molecule has 0 spiro atoms. The zero-order chi connectivity index (χ0) is 15.0. The minimum Gasteiger partial charge on any atom is -0.624 e. The van der Waals surface area contributed by atoms with E-state index in [0.29, 0.717) is 10.3 Å². The van der Waals surface area contributed by atoms with E-state index >= 15 is 0 Å². The number of nitrogens with zero attached hydrogens (tertiary/aromatic N) is 1. The van der Waals surface area contributed by atoms with Crippen molar-refractivity contribution in [3.63, 3.8) is 0 Å². The summed E-state index contributed by atoms with van der Waals surface area (Å²) in [5.74, 6) is -1.01. The minimum absolute atomic E-state index is 0.191. The third-order valence-corrected chi connectivity index (χ3v) is 2.40. The van der Waals surface area contributed by atoms with E-state index in [0.717, 1.165) is 0 Å². The molecule has 0 saturated heterocycles. The van der Waals surface area contributed by atoms with E-state index in [9.17, 15) is 14.8 Å². The second-order valence-electron chi connectivity index (χ2n) is 4.14. The van der Waals surface area contributed by atoms with Crippen LogP contribution in [0.5, 0.6) is 0 Å². The van der Waals surface area contributed by atoms with Crippen molar-refractivity contribution in [1.29, 1.82) is 0 Å². The summed E-state index contributed by atoms with van der Waals surface area (Å²) in [5.41, 5.74) is 0.716. The largest absolute Gasteiger partial charge is 0.624 e. The lowest BCUT2D eigenvalue weighted by molar-refractivity contribution is -0.454.